The minimum Gasteiger partial charge on any atom is -0.493 e. The summed E-state index contributed by atoms with van der Waals surface area (Å²) in [7, 11) is 2.82. The number of hydrogen-bond acceptors (Lipinski definition) is 10. The van der Waals surface area contributed by atoms with Gasteiger partial charge in [-0.1, -0.05) is 29.8 Å². The molecule has 0 bridgehead atoms. The number of hydrazone groups is 1. The summed E-state index contributed by atoms with van der Waals surface area (Å²) in [5.41, 5.74) is 5.53. The summed E-state index contributed by atoms with van der Waals surface area (Å²) in [4.78, 5) is 24.6. The molecule has 4 N–H and O–H groups in total. The minimum atomic E-state index is -1.15. The Labute approximate surface area is 265 Å². The van der Waals surface area contributed by atoms with Crippen LogP contribution in [0.15, 0.2) is 77.0 Å². The fraction of sp³-hybridized carbons (Fsp3) is 0.281. The van der Waals surface area contributed by atoms with E-state index in [0.717, 1.165) is 5.56 Å². The molecule has 1 aliphatic heterocycles. The van der Waals surface area contributed by atoms with Crippen LogP contribution in [0.4, 0.5) is 4.79 Å². The number of amides is 2. The van der Waals surface area contributed by atoms with Gasteiger partial charge < -0.3 is 39.4 Å². The van der Waals surface area contributed by atoms with Gasteiger partial charge >= 0.3 is 12.0 Å². The molecule has 0 saturated carbocycles. The highest BCUT2D eigenvalue weighted by Gasteiger charge is 2.32. The summed E-state index contributed by atoms with van der Waals surface area (Å²) < 4.78 is 27.8. The zero-order valence-electron chi connectivity index (χ0n) is 25.3. The molecule has 238 valence electrons. The van der Waals surface area contributed by atoms with Crippen LogP contribution in [0.25, 0.3) is 0 Å². The molecule has 0 saturated heterocycles. The number of nitrogens with one attached hydrogen (secondary N) is 3. The predicted molar refractivity (Wildman–Crippen MR) is 168 cm³/mol. The van der Waals surface area contributed by atoms with E-state index in [1.807, 2.05) is 19.1 Å². The molecule has 0 unspecified atom stereocenters. The van der Waals surface area contributed by atoms with Crippen molar-refractivity contribution in [3.8, 4) is 23.0 Å². The van der Waals surface area contributed by atoms with Crippen molar-refractivity contribution in [2.45, 2.75) is 32.7 Å². The zero-order valence-corrected chi connectivity index (χ0v) is 26.0. The first kappa shape index (κ1) is 33.0. The minimum absolute atomic E-state index is 0.159. The monoisotopic (exact) mass is 638 g/mol. The standard InChI is InChI=1S/C32H35ClN4O8/c1-5-43-27-15-22(30-29(31(39)42-4)19(2)35-32(40)36-30)9-13-25(27)45-18-28(38)37-34-16-21-8-12-24(26(14-21)41-3)44-17-20-6-10-23(33)11-7-20/h6-16,28,30,37-38H,5,17-18H2,1-4H3,(H2,35,36,40)/b34-16-/t28-,30+/m1/s1. The summed E-state index contributed by atoms with van der Waals surface area (Å²) in [5, 5.41) is 20.5. The van der Waals surface area contributed by atoms with Gasteiger partial charge in [-0.15, -0.1) is 0 Å². The molecule has 13 heteroatoms. The van der Waals surface area contributed by atoms with Crippen molar-refractivity contribution in [3.05, 3.63) is 93.6 Å². The quantitative estimate of drug-likeness (QED) is 0.0870. The average Bonchev–Trinajstić information content (AvgIpc) is 3.03. The number of methoxy groups -OCH3 is 2. The van der Waals surface area contributed by atoms with Crippen LogP contribution in [0.3, 0.4) is 0 Å². The van der Waals surface area contributed by atoms with Crippen LogP contribution in [0.5, 0.6) is 23.0 Å². The average molecular weight is 639 g/mol. The van der Waals surface area contributed by atoms with Crippen molar-refractivity contribution in [1.29, 1.82) is 0 Å². The molecule has 1 aliphatic rings. The number of rotatable bonds is 14. The lowest BCUT2D eigenvalue weighted by molar-refractivity contribution is -0.136. The maximum atomic E-state index is 12.4. The molecule has 0 fully saturated rings. The van der Waals surface area contributed by atoms with Crippen LogP contribution in [-0.2, 0) is 16.1 Å². The molecule has 4 rings (SSSR count). The highest BCUT2D eigenvalue weighted by molar-refractivity contribution is 6.30. The Bertz CT molecular complexity index is 1560. The second kappa shape index (κ2) is 15.7. The first-order valence-corrected chi connectivity index (χ1v) is 14.4. The number of hydrogen-bond donors (Lipinski definition) is 4. The summed E-state index contributed by atoms with van der Waals surface area (Å²) in [6.45, 7) is 3.96. The van der Waals surface area contributed by atoms with E-state index in [0.29, 0.717) is 58.1 Å². The largest absolute Gasteiger partial charge is 0.493 e. The molecule has 45 heavy (non-hydrogen) atoms. The number of carbonyl (C=O) groups excluding carboxylic acids is 2. The van der Waals surface area contributed by atoms with E-state index in [1.165, 1.54) is 13.3 Å². The molecular formula is C32H35ClN4O8. The molecule has 0 radical (unpaired) electrons. The van der Waals surface area contributed by atoms with Gasteiger partial charge in [-0.3, -0.25) is 5.43 Å². The first-order chi connectivity index (χ1) is 21.7. The van der Waals surface area contributed by atoms with Gasteiger partial charge in [0.25, 0.3) is 0 Å². The van der Waals surface area contributed by atoms with Crippen LogP contribution in [0, 0.1) is 0 Å². The fourth-order valence-corrected chi connectivity index (χ4v) is 4.57. The van der Waals surface area contributed by atoms with Crippen LogP contribution < -0.4 is 35.0 Å². The van der Waals surface area contributed by atoms with Gasteiger partial charge in [-0.2, -0.15) is 5.10 Å². The van der Waals surface area contributed by atoms with Gasteiger partial charge in [-0.25, -0.2) is 9.59 Å². The van der Waals surface area contributed by atoms with Crippen LogP contribution in [0.1, 0.15) is 36.6 Å². The van der Waals surface area contributed by atoms with Crippen molar-refractivity contribution in [1.82, 2.24) is 16.1 Å². The highest BCUT2D eigenvalue weighted by Crippen LogP contribution is 2.35. The lowest BCUT2D eigenvalue weighted by atomic mass is 9.95. The third-order valence-corrected chi connectivity index (χ3v) is 6.86. The normalized spacial score (nSPS) is 15.2. The number of aliphatic hydroxyl groups excluding tert-OH is 1. The number of esters is 1. The van der Waals surface area contributed by atoms with E-state index in [2.05, 4.69) is 21.2 Å². The SMILES string of the molecule is CCOc1cc([C@@H]2NC(=O)NC(C)=C2C(=O)OC)ccc1OC[C@@H](O)N/N=C\c1ccc(OCc2ccc(Cl)cc2)c(OC)c1. The smallest absolute Gasteiger partial charge is 0.337 e. The maximum Gasteiger partial charge on any atom is 0.337 e. The van der Waals surface area contributed by atoms with E-state index in [1.54, 1.807) is 62.6 Å². The van der Waals surface area contributed by atoms with Gasteiger partial charge in [0.15, 0.2) is 29.2 Å². The number of allylic oxidation sites excluding steroid dienone is 1. The molecule has 3 aromatic carbocycles. The second-order valence-electron chi connectivity index (χ2n) is 9.74. The molecule has 0 aromatic heterocycles. The summed E-state index contributed by atoms with van der Waals surface area (Å²) in [6, 6.07) is 16.5. The van der Waals surface area contributed by atoms with Crippen molar-refractivity contribution in [2.24, 2.45) is 5.10 Å². The van der Waals surface area contributed by atoms with E-state index >= 15 is 0 Å². The second-order valence-corrected chi connectivity index (χ2v) is 10.2. The first-order valence-electron chi connectivity index (χ1n) is 14.0. The summed E-state index contributed by atoms with van der Waals surface area (Å²) in [5.74, 6) is 1.24. The number of benzene rings is 3. The molecule has 3 aromatic rings. The van der Waals surface area contributed by atoms with E-state index in [4.69, 9.17) is 35.3 Å². The topological polar surface area (TPSA) is 149 Å². The van der Waals surface area contributed by atoms with Crippen molar-refractivity contribution < 1.29 is 38.4 Å². The number of aliphatic hydroxyl groups is 1. The van der Waals surface area contributed by atoms with E-state index < -0.39 is 24.3 Å². The van der Waals surface area contributed by atoms with Crippen LogP contribution in [-0.4, -0.2) is 57.0 Å². The predicted octanol–water partition coefficient (Wildman–Crippen LogP) is 4.45. The molecular weight excluding hydrogens is 604 g/mol. The number of ether oxygens (including phenoxy) is 5. The Hall–Kier alpha value is -4.94. The zero-order chi connectivity index (χ0) is 32.3. The number of carbonyl (C=O) groups is 2. The van der Waals surface area contributed by atoms with Crippen molar-refractivity contribution >= 4 is 29.8 Å². The Morgan fingerprint density at radius 1 is 1.02 bits per heavy atom. The molecule has 2 atom stereocenters. The third kappa shape index (κ3) is 8.80. The Balaban J connectivity index is 1.36. The van der Waals surface area contributed by atoms with Crippen LogP contribution in [0.2, 0.25) is 5.02 Å². The maximum absolute atomic E-state index is 12.4. The summed E-state index contributed by atoms with van der Waals surface area (Å²) in [6.07, 6.45) is 0.371. The van der Waals surface area contributed by atoms with Crippen LogP contribution >= 0.6 is 11.6 Å². The molecule has 1 heterocycles. The molecule has 2 amide bonds. The highest BCUT2D eigenvalue weighted by atomic mass is 35.5. The van der Waals surface area contributed by atoms with E-state index in [-0.39, 0.29) is 12.2 Å². The summed E-state index contributed by atoms with van der Waals surface area (Å²) >= 11 is 5.94. The Kier molecular flexibility index (Phi) is 11.5. The van der Waals surface area contributed by atoms with Gasteiger partial charge in [0.05, 0.1) is 38.7 Å². The number of nitrogens with zero attached hydrogens (tertiary/aromatic N) is 1. The van der Waals surface area contributed by atoms with Gasteiger partial charge in [0.2, 0.25) is 0 Å². The number of urea groups is 1. The molecule has 0 aliphatic carbocycles. The number of halogens is 1. The lowest BCUT2D eigenvalue weighted by Gasteiger charge is -2.28. The Morgan fingerprint density at radius 2 is 1.76 bits per heavy atom. The van der Waals surface area contributed by atoms with Crippen molar-refractivity contribution in [3.63, 3.8) is 0 Å². The van der Waals surface area contributed by atoms with Gasteiger partial charge in [0.1, 0.15) is 13.2 Å². The van der Waals surface area contributed by atoms with Gasteiger partial charge in [-0.05, 0) is 73.0 Å². The lowest BCUT2D eigenvalue weighted by Crippen LogP contribution is -2.45. The van der Waals surface area contributed by atoms with Crippen molar-refractivity contribution in [2.75, 3.05) is 27.4 Å². The molecule has 12 nitrogen and oxygen atoms in total. The van der Waals surface area contributed by atoms with E-state index in [9.17, 15) is 14.7 Å². The molecule has 0 spiro atoms. The Morgan fingerprint density at radius 3 is 2.47 bits per heavy atom. The fourth-order valence-electron chi connectivity index (χ4n) is 4.45. The third-order valence-electron chi connectivity index (χ3n) is 6.60. The van der Waals surface area contributed by atoms with Gasteiger partial charge in [0, 0.05) is 10.7 Å².